The maximum atomic E-state index is 12.9. The van der Waals surface area contributed by atoms with Crippen LogP contribution in [0.2, 0.25) is 5.02 Å². The number of Topliss-reactive ketones (excluding diaryl/α,β-unsaturated/α-hetero) is 1. The fourth-order valence-electron chi connectivity index (χ4n) is 1.36. The van der Waals surface area contributed by atoms with Gasteiger partial charge in [0.1, 0.15) is 5.82 Å². The number of halogens is 2. The van der Waals surface area contributed by atoms with Crippen molar-refractivity contribution < 1.29 is 9.18 Å². The Morgan fingerprint density at radius 1 is 1.35 bits per heavy atom. The summed E-state index contributed by atoms with van der Waals surface area (Å²) in [6, 6.07) is 7.30. The van der Waals surface area contributed by atoms with Crippen molar-refractivity contribution in [3.63, 3.8) is 0 Å². The summed E-state index contributed by atoms with van der Waals surface area (Å²) in [5, 5.41) is 7.42. The number of hydrogen-bond donors (Lipinski definition) is 0. The van der Waals surface area contributed by atoms with Crippen molar-refractivity contribution >= 4 is 17.4 Å². The van der Waals surface area contributed by atoms with Gasteiger partial charge in [0, 0.05) is 11.8 Å². The average Bonchev–Trinajstić information content (AvgIpc) is 2.34. The molecule has 0 saturated heterocycles. The first-order valence-electron chi connectivity index (χ1n) is 4.91. The van der Waals surface area contributed by atoms with Crippen LogP contribution in [-0.2, 0) is 6.42 Å². The predicted octanol–water partition coefficient (Wildman–Crippen LogP) is 2.69. The third kappa shape index (κ3) is 2.85. The van der Waals surface area contributed by atoms with Crippen LogP contribution in [0.25, 0.3) is 0 Å². The molecule has 0 fully saturated rings. The highest BCUT2D eigenvalue weighted by Crippen LogP contribution is 2.17. The van der Waals surface area contributed by atoms with Gasteiger partial charge < -0.3 is 0 Å². The maximum Gasteiger partial charge on any atom is 0.168 e. The molecule has 0 atom stereocenters. The Kier molecular flexibility index (Phi) is 3.44. The molecular weight excluding hydrogens is 243 g/mol. The van der Waals surface area contributed by atoms with Crippen LogP contribution in [0, 0.1) is 5.82 Å². The molecular formula is C12H8ClFN2O. The number of aromatic nitrogens is 2. The minimum absolute atomic E-state index is 0.0602. The van der Waals surface area contributed by atoms with Gasteiger partial charge in [-0.3, -0.25) is 4.79 Å². The Labute approximate surface area is 102 Å². The van der Waals surface area contributed by atoms with Gasteiger partial charge in [-0.05, 0) is 30.3 Å². The lowest BCUT2D eigenvalue weighted by atomic mass is 10.1. The molecule has 3 nitrogen and oxygen atoms in total. The first kappa shape index (κ1) is 11.7. The van der Waals surface area contributed by atoms with Gasteiger partial charge in [-0.25, -0.2) is 4.39 Å². The van der Waals surface area contributed by atoms with Gasteiger partial charge in [0.15, 0.2) is 5.78 Å². The molecule has 0 N–H and O–H groups in total. The zero-order valence-electron chi connectivity index (χ0n) is 8.73. The van der Waals surface area contributed by atoms with Crippen molar-refractivity contribution in [2.75, 3.05) is 0 Å². The van der Waals surface area contributed by atoms with Crippen molar-refractivity contribution in [2.24, 2.45) is 0 Å². The molecule has 2 aromatic rings. The summed E-state index contributed by atoms with van der Waals surface area (Å²) in [5.41, 5.74) is 0.931. The number of rotatable bonds is 3. The van der Waals surface area contributed by atoms with E-state index in [0.717, 1.165) is 0 Å². The first-order valence-corrected chi connectivity index (χ1v) is 5.29. The van der Waals surface area contributed by atoms with Crippen LogP contribution in [-0.4, -0.2) is 16.0 Å². The molecule has 2 rings (SSSR count). The SMILES string of the molecule is O=C(Cc1cccnn1)c1ccc(F)c(Cl)c1. The minimum Gasteiger partial charge on any atom is -0.294 e. The highest BCUT2D eigenvalue weighted by molar-refractivity contribution is 6.31. The van der Waals surface area contributed by atoms with Gasteiger partial charge in [0.25, 0.3) is 0 Å². The molecule has 17 heavy (non-hydrogen) atoms. The fourth-order valence-corrected chi connectivity index (χ4v) is 1.54. The Bertz CT molecular complexity index is 545. The molecule has 0 saturated carbocycles. The van der Waals surface area contributed by atoms with Gasteiger partial charge in [0.05, 0.1) is 17.1 Å². The third-order valence-electron chi connectivity index (χ3n) is 2.21. The van der Waals surface area contributed by atoms with Crippen LogP contribution in [0.5, 0.6) is 0 Å². The van der Waals surface area contributed by atoms with E-state index in [0.29, 0.717) is 11.3 Å². The molecule has 1 heterocycles. The minimum atomic E-state index is -0.539. The summed E-state index contributed by atoms with van der Waals surface area (Å²) in [5.74, 6) is -0.713. The van der Waals surface area contributed by atoms with E-state index in [1.807, 2.05) is 0 Å². The summed E-state index contributed by atoms with van der Waals surface area (Å²) in [6.45, 7) is 0. The zero-order chi connectivity index (χ0) is 12.3. The van der Waals surface area contributed by atoms with Crippen LogP contribution in [0.3, 0.4) is 0 Å². The van der Waals surface area contributed by atoms with E-state index in [9.17, 15) is 9.18 Å². The quantitative estimate of drug-likeness (QED) is 0.787. The molecule has 0 amide bonds. The smallest absolute Gasteiger partial charge is 0.168 e. The highest BCUT2D eigenvalue weighted by atomic mass is 35.5. The molecule has 0 spiro atoms. The molecule has 0 aliphatic carbocycles. The van der Waals surface area contributed by atoms with Gasteiger partial charge >= 0.3 is 0 Å². The summed E-state index contributed by atoms with van der Waals surface area (Å²) in [4.78, 5) is 11.8. The lowest BCUT2D eigenvalue weighted by Gasteiger charge is -2.01. The van der Waals surface area contributed by atoms with E-state index < -0.39 is 5.82 Å². The number of ketones is 1. The van der Waals surface area contributed by atoms with E-state index in [2.05, 4.69) is 10.2 Å². The summed E-state index contributed by atoms with van der Waals surface area (Å²) < 4.78 is 12.9. The summed E-state index contributed by atoms with van der Waals surface area (Å²) in [7, 11) is 0. The van der Waals surface area contributed by atoms with Crippen LogP contribution < -0.4 is 0 Å². The zero-order valence-corrected chi connectivity index (χ0v) is 9.49. The molecule has 0 bridgehead atoms. The van der Waals surface area contributed by atoms with Gasteiger partial charge in [-0.2, -0.15) is 10.2 Å². The lowest BCUT2D eigenvalue weighted by molar-refractivity contribution is 0.0991. The Balaban J connectivity index is 2.18. The second-order valence-electron chi connectivity index (χ2n) is 3.44. The second kappa shape index (κ2) is 5.01. The van der Waals surface area contributed by atoms with Gasteiger partial charge in [0.2, 0.25) is 0 Å². The van der Waals surface area contributed by atoms with E-state index in [-0.39, 0.29) is 17.2 Å². The van der Waals surface area contributed by atoms with E-state index in [4.69, 9.17) is 11.6 Å². The van der Waals surface area contributed by atoms with Crippen LogP contribution >= 0.6 is 11.6 Å². The van der Waals surface area contributed by atoms with E-state index in [1.54, 1.807) is 12.1 Å². The van der Waals surface area contributed by atoms with Gasteiger partial charge in [-0.15, -0.1) is 0 Å². The average molecular weight is 251 g/mol. The normalized spacial score (nSPS) is 10.2. The largest absolute Gasteiger partial charge is 0.294 e. The Morgan fingerprint density at radius 2 is 2.18 bits per heavy atom. The second-order valence-corrected chi connectivity index (χ2v) is 3.85. The molecule has 0 unspecified atom stereocenters. The van der Waals surface area contributed by atoms with E-state index >= 15 is 0 Å². The van der Waals surface area contributed by atoms with E-state index in [1.165, 1.54) is 24.4 Å². The fraction of sp³-hybridized carbons (Fsp3) is 0.0833. The van der Waals surface area contributed by atoms with Crippen LogP contribution in [0.1, 0.15) is 16.1 Å². The number of benzene rings is 1. The van der Waals surface area contributed by atoms with Crippen molar-refractivity contribution in [3.05, 3.63) is 58.6 Å². The summed E-state index contributed by atoms with van der Waals surface area (Å²) in [6.07, 6.45) is 1.65. The van der Waals surface area contributed by atoms with Crippen molar-refractivity contribution in [1.29, 1.82) is 0 Å². The lowest BCUT2D eigenvalue weighted by Crippen LogP contribution is -2.05. The number of carbonyl (C=O) groups excluding carboxylic acids is 1. The molecule has 1 aromatic heterocycles. The van der Waals surface area contributed by atoms with Crippen LogP contribution in [0.15, 0.2) is 36.5 Å². The molecule has 0 radical (unpaired) electrons. The maximum absolute atomic E-state index is 12.9. The number of hydrogen-bond acceptors (Lipinski definition) is 3. The highest BCUT2D eigenvalue weighted by Gasteiger charge is 2.10. The van der Waals surface area contributed by atoms with Crippen molar-refractivity contribution in [3.8, 4) is 0 Å². The molecule has 1 aromatic carbocycles. The Morgan fingerprint density at radius 3 is 2.82 bits per heavy atom. The molecule has 86 valence electrons. The molecule has 5 heteroatoms. The summed E-state index contributed by atoms with van der Waals surface area (Å²) >= 11 is 5.61. The number of carbonyl (C=O) groups is 1. The van der Waals surface area contributed by atoms with Crippen LogP contribution in [0.4, 0.5) is 4.39 Å². The molecule has 0 aliphatic rings. The van der Waals surface area contributed by atoms with Crippen molar-refractivity contribution in [1.82, 2.24) is 10.2 Å². The first-order chi connectivity index (χ1) is 8.16. The van der Waals surface area contributed by atoms with Crippen molar-refractivity contribution in [2.45, 2.75) is 6.42 Å². The topological polar surface area (TPSA) is 42.9 Å². The standard InChI is InChI=1S/C12H8ClFN2O/c13-10-6-8(3-4-11(10)14)12(17)7-9-2-1-5-15-16-9/h1-6H,7H2. The predicted molar refractivity (Wildman–Crippen MR) is 61.5 cm³/mol. The number of nitrogens with zero attached hydrogens (tertiary/aromatic N) is 2. The molecule has 0 aliphatic heterocycles. The third-order valence-corrected chi connectivity index (χ3v) is 2.50. The van der Waals surface area contributed by atoms with Gasteiger partial charge in [-0.1, -0.05) is 11.6 Å². The monoisotopic (exact) mass is 250 g/mol. The Hall–Kier alpha value is -1.81.